The molecule has 96 valence electrons. The quantitative estimate of drug-likeness (QED) is 0.869. The van der Waals surface area contributed by atoms with Crippen molar-refractivity contribution in [3.05, 3.63) is 28.2 Å². The first-order valence-electron chi connectivity index (χ1n) is 5.73. The normalized spacial score (nSPS) is 11.7. The maximum atomic E-state index is 12.3. The highest BCUT2D eigenvalue weighted by Gasteiger charge is 2.18. The summed E-state index contributed by atoms with van der Waals surface area (Å²) in [6, 6.07) is 7.32. The molecule has 1 amide bonds. The Bertz CT molecular complexity index is 482. The maximum Gasteiger partial charge on any atom is 0.256 e. The highest BCUT2D eigenvalue weighted by molar-refractivity contribution is 9.10. The first-order valence-corrected chi connectivity index (χ1v) is 6.52. The number of amides is 1. The monoisotopic (exact) mass is 309 g/mol. The van der Waals surface area contributed by atoms with Crippen molar-refractivity contribution < 1.29 is 4.79 Å². The zero-order valence-electron chi connectivity index (χ0n) is 10.5. The molecule has 1 atom stereocenters. The van der Waals surface area contributed by atoms with Crippen molar-refractivity contribution in [3.8, 4) is 6.07 Å². The first kappa shape index (κ1) is 14.5. The molecule has 0 aromatic heterocycles. The molecule has 0 spiro atoms. The van der Waals surface area contributed by atoms with Crippen LogP contribution in [0.4, 0.5) is 5.69 Å². The lowest BCUT2D eigenvalue weighted by molar-refractivity contribution is 0.0753. The van der Waals surface area contributed by atoms with Gasteiger partial charge in [-0.3, -0.25) is 4.79 Å². The lowest BCUT2D eigenvalue weighted by atomic mass is 10.1. The Labute approximate surface area is 116 Å². The standard InChI is InChI=1S/C13H16BrN3O/c1-3-17(8-9(2)7-15)13(18)11-6-10(14)4-5-12(11)16/h4-6,9H,3,8,16H2,1-2H3. The van der Waals surface area contributed by atoms with Gasteiger partial charge in [-0.1, -0.05) is 15.9 Å². The Kier molecular flexibility index (Phi) is 5.17. The molecular formula is C13H16BrN3O. The number of carbonyl (C=O) groups is 1. The Morgan fingerprint density at radius 1 is 1.61 bits per heavy atom. The van der Waals surface area contributed by atoms with Gasteiger partial charge in [0.05, 0.1) is 17.6 Å². The van der Waals surface area contributed by atoms with Crippen molar-refractivity contribution in [2.45, 2.75) is 13.8 Å². The van der Waals surface area contributed by atoms with Crippen molar-refractivity contribution >= 4 is 27.5 Å². The zero-order valence-corrected chi connectivity index (χ0v) is 12.1. The summed E-state index contributed by atoms with van der Waals surface area (Å²) in [6.45, 7) is 4.64. The fraction of sp³-hybridized carbons (Fsp3) is 0.385. The molecule has 4 nitrogen and oxygen atoms in total. The van der Waals surface area contributed by atoms with Gasteiger partial charge in [-0.25, -0.2) is 0 Å². The van der Waals surface area contributed by atoms with Crippen LogP contribution in [0.5, 0.6) is 0 Å². The Morgan fingerprint density at radius 2 is 2.28 bits per heavy atom. The fourth-order valence-corrected chi connectivity index (χ4v) is 1.97. The van der Waals surface area contributed by atoms with Gasteiger partial charge in [0.1, 0.15) is 0 Å². The molecule has 0 fully saturated rings. The van der Waals surface area contributed by atoms with Crippen LogP contribution in [0, 0.1) is 17.2 Å². The molecule has 2 N–H and O–H groups in total. The number of nitrogens with two attached hydrogens (primary N) is 1. The van der Waals surface area contributed by atoms with Crippen LogP contribution in [0.3, 0.4) is 0 Å². The predicted molar refractivity (Wildman–Crippen MR) is 74.9 cm³/mol. The molecule has 0 aliphatic heterocycles. The van der Waals surface area contributed by atoms with E-state index in [0.29, 0.717) is 24.3 Å². The van der Waals surface area contributed by atoms with Crippen molar-refractivity contribution in [1.82, 2.24) is 4.90 Å². The van der Waals surface area contributed by atoms with E-state index in [0.717, 1.165) is 4.47 Å². The fourth-order valence-electron chi connectivity index (χ4n) is 1.61. The van der Waals surface area contributed by atoms with Crippen LogP contribution in [-0.2, 0) is 0 Å². The summed E-state index contributed by atoms with van der Waals surface area (Å²) in [4.78, 5) is 13.9. The Hall–Kier alpha value is -1.54. The molecule has 18 heavy (non-hydrogen) atoms. The van der Waals surface area contributed by atoms with Gasteiger partial charge >= 0.3 is 0 Å². The number of rotatable bonds is 4. The molecule has 1 aromatic carbocycles. The van der Waals surface area contributed by atoms with Crippen molar-refractivity contribution in [2.24, 2.45) is 5.92 Å². The minimum atomic E-state index is -0.192. The average Bonchev–Trinajstić information content (AvgIpc) is 2.37. The van der Waals surface area contributed by atoms with Gasteiger partial charge in [-0.15, -0.1) is 0 Å². The van der Waals surface area contributed by atoms with Gasteiger partial charge in [0.25, 0.3) is 5.91 Å². The smallest absolute Gasteiger partial charge is 0.256 e. The topological polar surface area (TPSA) is 70.1 Å². The minimum Gasteiger partial charge on any atom is -0.398 e. The number of hydrogen-bond donors (Lipinski definition) is 1. The maximum absolute atomic E-state index is 12.3. The predicted octanol–water partition coefficient (Wildman–Crippen LogP) is 2.65. The molecule has 1 rings (SSSR count). The van der Waals surface area contributed by atoms with Crippen LogP contribution in [0.2, 0.25) is 0 Å². The molecule has 0 radical (unpaired) electrons. The number of nitrogen functional groups attached to an aromatic ring is 1. The number of nitriles is 1. The SMILES string of the molecule is CCN(CC(C)C#N)C(=O)c1cc(Br)ccc1N. The van der Waals surface area contributed by atoms with Crippen LogP contribution >= 0.6 is 15.9 Å². The summed E-state index contributed by atoms with van der Waals surface area (Å²) in [7, 11) is 0. The van der Waals surface area contributed by atoms with E-state index >= 15 is 0 Å². The van der Waals surface area contributed by atoms with E-state index in [4.69, 9.17) is 11.0 Å². The number of hydrogen-bond acceptors (Lipinski definition) is 3. The van der Waals surface area contributed by atoms with Crippen LogP contribution < -0.4 is 5.73 Å². The summed E-state index contributed by atoms with van der Waals surface area (Å²) in [5, 5.41) is 8.81. The highest BCUT2D eigenvalue weighted by Crippen LogP contribution is 2.20. The third-order valence-electron chi connectivity index (χ3n) is 2.63. The molecule has 5 heteroatoms. The van der Waals surface area contributed by atoms with E-state index in [1.807, 2.05) is 6.92 Å². The van der Waals surface area contributed by atoms with Gasteiger partial charge in [-0.05, 0) is 32.0 Å². The van der Waals surface area contributed by atoms with E-state index in [-0.39, 0.29) is 11.8 Å². The van der Waals surface area contributed by atoms with E-state index in [1.165, 1.54) is 0 Å². The number of benzene rings is 1. The van der Waals surface area contributed by atoms with Crippen molar-refractivity contribution in [2.75, 3.05) is 18.8 Å². The van der Waals surface area contributed by atoms with Crippen LogP contribution in [0.1, 0.15) is 24.2 Å². The number of carbonyl (C=O) groups excluding carboxylic acids is 1. The number of halogens is 1. The molecule has 0 aliphatic rings. The number of nitrogens with zero attached hydrogens (tertiary/aromatic N) is 2. The van der Waals surface area contributed by atoms with Gasteiger partial charge < -0.3 is 10.6 Å². The number of anilines is 1. The zero-order chi connectivity index (χ0) is 13.7. The molecule has 1 unspecified atom stereocenters. The third kappa shape index (κ3) is 3.47. The molecule has 0 saturated heterocycles. The highest BCUT2D eigenvalue weighted by atomic mass is 79.9. The van der Waals surface area contributed by atoms with E-state index in [2.05, 4.69) is 22.0 Å². The second kappa shape index (κ2) is 6.41. The second-order valence-corrected chi connectivity index (χ2v) is 5.02. The molecular weight excluding hydrogens is 294 g/mol. The first-order chi connectivity index (χ1) is 8.49. The average molecular weight is 310 g/mol. The Balaban J connectivity index is 2.97. The van der Waals surface area contributed by atoms with Crippen LogP contribution in [-0.4, -0.2) is 23.9 Å². The minimum absolute atomic E-state index is 0.140. The van der Waals surface area contributed by atoms with Crippen molar-refractivity contribution in [1.29, 1.82) is 5.26 Å². The molecule has 0 saturated carbocycles. The summed E-state index contributed by atoms with van der Waals surface area (Å²) < 4.78 is 0.810. The summed E-state index contributed by atoms with van der Waals surface area (Å²) in [5.74, 6) is -0.333. The molecule has 0 aliphatic carbocycles. The van der Waals surface area contributed by atoms with Gasteiger partial charge in [0.15, 0.2) is 0 Å². The van der Waals surface area contributed by atoms with Crippen molar-refractivity contribution in [3.63, 3.8) is 0 Å². The molecule has 1 aromatic rings. The van der Waals surface area contributed by atoms with Crippen LogP contribution in [0.25, 0.3) is 0 Å². The van der Waals surface area contributed by atoms with E-state index in [1.54, 1.807) is 30.0 Å². The van der Waals surface area contributed by atoms with Gasteiger partial charge in [0, 0.05) is 23.2 Å². The largest absolute Gasteiger partial charge is 0.398 e. The van der Waals surface area contributed by atoms with E-state index in [9.17, 15) is 4.79 Å². The Morgan fingerprint density at radius 3 is 2.83 bits per heavy atom. The summed E-state index contributed by atoms with van der Waals surface area (Å²) >= 11 is 3.32. The summed E-state index contributed by atoms with van der Waals surface area (Å²) in [6.07, 6.45) is 0. The van der Waals surface area contributed by atoms with Gasteiger partial charge in [-0.2, -0.15) is 5.26 Å². The van der Waals surface area contributed by atoms with Crippen LogP contribution in [0.15, 0.2) is 22.7 Å². The lowest BCUT2D eigenvalue weighted by Gasteiger charge is -2.22. The third-order valence-corrected chi connectivity index (χ3v) is 3.12. The second-order valence-electron chi connectivity index (χ2n) is 4.11. The van der Waals surface area contributed by atoms with E-state index < -0.39 is 0 Å². The molecule has 0 heterocycles. The lowest BCUT2D eigenvalue weighted by Crippen LogP contribution is -2.34. The summed E-state index contributed by atoms with van der Waals surface area (Å²) in [5.41, 5.74) is 6.73. The van der Waals surface area contributed by atoms with Gasteiger partial charge in [0.2, 0.25) is 0 Å². The molecule has 0 bridgehead atoms.